The summed E-state index contributed by atoms with van der Waals surface area (Å²) in [6.45, 7) is 4.78. The minimum absolute atomic E-state index is 0.0748. The lowest BCUT2D eigenvalue weighted by Gasteiger charge is -2.37. The van der Waals surface area contributed by atoms with Gasteiger partial charge in [0.2, 0.25) is 0 Å². The second-order valence-electron chi connectivity index (χ2n) is 6.50. The van der Waals surface area contributed by atoms with Crippen LogP contribution in [0.4, 0.5) is 5.13 Å². The number of methoxy groups -OCH3 is 1. The number of anilines is 1. The van der Waals surface area contributed by atoms with Crippen LogP contribution in [0.15, 0.2) is 0 Å². The van der Waals surface area contributed by atoms with Crippen molar-refractivity contribution in [2.75, 3.05) is 25.1 Å². The molecule has 2 atom stereocenters. The number of hydrogen-bond donors (Lipinski definition) is 3. The average Bonchev–Trinajstić information content (AvgIpc) is 3.24. The molecule has 152 valence electrons. The number of imidazole rings is 1. The number of aromatic carboxylic acids is 1. The van der Waals surface area contributed by atoms with Gasteiger partial charge in [-0.1, -0.05) is 18.5 Å². The number of amides is 1. The third kappa shape index (κ3) is 4.13. The Morgan fingerprint density at radius 1 is 1.46 bits per heavy atom. The van der Waals surface area contributed by atoms with Crippen molar-refractivity contribution in [2.45, 2.75) is 38.8 Å². The number of piperidine rings is 1. The molecule has 0 saturated carbocycles. The Morgan fingerprint density at radius 2 is 2.21 bits per heavy atom. The van der Waals surface area contributed by atoms with Gasteiger partial charge in [-0.3, -0.25) is 4.79 Å². The fourth-order valence-electron chi connectivity index (χ4n) is 3.18. The van der Waals surface area contributed by atoms with Gasteiger partial charge in [0, 0.05) is 25.1 Å². The molecular weight excluding hydrogens is 406 g/mol. The first kappa shape index (κ1) is 20.6. The fourth-order valence-corrected chi connectivity index (χ4v) is 4.38. The third-order valence-corrected chi connectivity index (χ3v) is 6.08. The number of aromatic nitrogens is 3. The number of halogens is 1. The molecule has 1 amide bonds. The van der Waals surface area contributed by atoms with E-state index in [-0.39, 0.29) is 29.6 Å². The van der Waals surface area contributed by atoms with Crippen molar-refractivity contribution in [1.29, 1.82) is 0 Å². The van der Waals surface area contributed by atoms with Crippen LogP contribution < -0.4 is 10.2 Å². The number of aryl methyl sites for hydroxylation is 2. The van der Waals surface area contributed by atoms with Gasteiger partial charge in [-0.15, -0.1) is 11.3 Å². The van der Waals surface area contributed by atoms with E-state index in [0.29, 0.717) is 41.1 Å². The van der Waals surface area contributed by atoms with Crippen molar-refractivity contribution in [3.05, 3.63) is 27.2 Å². The van der Waals surface area contributed by atoms with E-state index in [1.807, 2.05) is 11.8 Å². The van der Waals surface area contributed by atoms with Crippen LogP contribution >= 0.6 is 22.9 Å². The van der Waals surface area contributed by atoms with Gasteiger partial charge in [-0.05, 0) is 19.8 Å². The summed E-state index contributed by atoms with van der Waals surface area (Å²) in [5.41, 5.74) is 0.795. The number of carbonyl (C=O) groups is 2. The van der Waals surface area contributed by atoms with E-state index in [4.69, 9.17) is 16.3 Å². The highest BCUT2D eigenvalue weighted by Gasteiger charge is 2.33. The van der Waals surface area contributed by atoms with Gasteiger partial charge in [-0.2, -0.15) is 0 Å². The Hall–Kier alpha value is -2.17. The number of carboxylic acid groups (broad SMARTS) is 1. The van der Waals surface area contributed by atoms with Gasteiger partial charge in [0.15, 0.2) is 21.8 Å². The lowest BCUT2D eigenvalue weighted by Crippen LogP contribution is -2.55. The highest BCUT2D eigenvalue weighted by Crippen LogP contribution is 2.29. The summed E-state index contributed by atoms with van der Waals surface area (Å²) >= 11 is 7.35. The lowest BCUT2D eigenvalue weighted by molar-refractivity contribution is 0.0538. The van der Waals surface area contributed by atoms with E-state index >= 15 is 0 Å². The number of carbonyl (C=O) groups excluding carboxylic acids is 1. The van der Waals surface area contributed by atoms with E-state index in [9.17, 15) is 14.7 Å². The fraction of sp³-hybridized carbons (Fsp3) is 0.529. The van der Waals surface area contributed by atoms with Crippen molar-refractivity contribution in [1.82, 2.24) is 20.3 Å². The minimum Gasteiger partial charge on any atom is -0.476 e. The first-order valence-corrected chi connectivity index (χ1v) is 10.1. The van der Waals surface area contributed by atoms with Crippen LogP contribution in [0.2, 0.25) is 5.15 Å². The second-order valence-corrected chi connectivity index (χ2v) is 8.04. The van der Waals surface area contributed by atoms with Gasteiger partial charge < -0.3 is 25.0 Å². The number of thiazole rings is 1. The number of nitrogens with zero attached hydrogens (tertiary/aromatic N) is 3. The summed E-state index contributed by atoms with van der Waals surface area (Å²) in [5, 5.41) is 13.1. The maximum Gasteiger partial charge on any atom is 0.355 e. The van der Waals surface area contributed by atoms with Crippen molar-refractivity contribution in [2.24, 2.45) is 0 Å². The molecule has 0 radical (unpaired) electrons. The molecular formula is C17H22ClN5O4S. The van der Waals surface area contributed by atoms with Crippen LogP contribution in [0.3, 0.4) is 0 Å². The maximum atomic E-state index is 12.5. The third-order valence-electron chi connectivity index (χ3n) is 4.73. The number of H-pyrrole nitrogens is 1. The molecule has 28 heavy (non-hydrogen) atoms. The molecule has 1 fully saturated rings. The number of aromatic amines is 1. The first-order chi connectivity index (χ1) is 13.3. The molecule has 1 aliphatic heterocycles. The summed E-state index contributed by atoms with van der Waals surface area (Å²) in [6.07, 6.45) is 1.01. The Labute approximate surface area is 171 Å². The predicted molar refractivity (Wildman–Crippen MR) is 106 cm³/mol. The Morgan fingerprint density at radius 3 is 2.79 bits per heavy atom. The van der Waals surface area contributed by atoms with Gasteiger partial charge >= 0.3 is 5.97 Å². The Balaban J connectivity index is 1.68. The molecule has 0 bridgehead atoms. The standard InChI is InChI=1S/C17H22ClN5O4S/c1-4-9-13(18)22-14(19-9)15(24)20-10-5-6-23(7-11(10)27-3)17-21-12(16(25)26)8(2)28-17/h10-11H,4-7H2,1-3H3,(H,19,22)(H,20,24)(H,25,26)/t10-,11+/m0/s1. The molecule has 0 unspecified atom stereocenters. The number of nitrogens with one attached hydrogen (secondary N) is 2. The van der Waals surface area contributed by atoms with Crippen molar-refractivity contribution < 1.29 is 19.4 Å². The predicted octanol–water partition coefficient (Wildman–Crippen LogP) is 2.11. The van der Waals surface area contributed by atoms with Crippen LogP contribution in [0.5, 0.6) is 0 Å². The normalized spacial score (nSPS) is 19.6. The van der Waals surface area contributed by atoms with Crippen molar-refractivity contribution in [3.63, 3.8) is 0 Å². The first-order valence-electron chi connectivity index (χ1n) is 8.87. The van der Waals surface area contributed by atoms with Crippen LogP contribution in [0.25, 0.3) is 0 Å². The maximum absolute atomic E-state index is 12.5. The van der Waals surface area contributed by atoms with E-state index < -0.39 is 5.97 Å². The molecule has 0 spiro atoms. The quantitative estimate of drug-likeness (QED) is 0.645. The Bertz CT molecular complexity index is 883. The molecule has 9 nitrogen and oxygen atoms in total. The zero-order valence-electron chi connectivity index (χ0n) is 15.8. The largest absolute Gasteiger partial charge is 0.476 e. The average molecular weight is 428 g/mol. The molecule has 0 aliphatic carbocycles. The highest BCUT2D eigenvalue weighted by atomic mass is 35.5. The summed E-state index contributed by atoms with van der Waals surface area (Å²) in [7, 11) is 1.59. The SMILES string of the molecule is CCc1[nH]c(C(=O)N[C@H]2CCN(c3nc(C(=O)O)c(C)s3)C[C@H]2OC)nc1Cl. The number of carboxylic acids is 1. The second kappa shape index (κ2) is 8.46. The molecule has 3 heterocycles. The zero-order chi connectivity index (χ0) is 20.4. The highest BCUT2D eigenvalue weighted by molar-refractivity contribution is 7.15. The minimum atomic E-state index is -1.03. The van der Waals surface area contributed by atoms with E-state index in [0.717, 1.165) is 5.69 Å². The molecule has 0 aromatic carbocycles. The molecule has 3 N–H and O–H groups in total. The van der Waals surface area contributed by atoms with Gasteiger partial charge in [0.05, 0.1) is 17.8 Å². The summed E-state index contributed by atoms with van der Waals surface area (Å²) in [6, 6.07) is -0.206. The smallest absolute Gasteiger partial charge is 0.355 e. The van der Waals surface area contributed by atoms with E-state index in [2.05, 4.69) is 20.3 Å². The molecule has 3 rings (SSSR count). The summed E-state index contributed by atoms with van der Waals surface area (Å²) in [4.78, 5) is 37.6. The molecule has 11 heteroatoms. The summed E-state index contributed by atoms with van der Waals surface area (Å²) < 4.78 is 5.57. The van der Waals surface area contributed by atoms with Crippen LogP contribution in [-0.2, 0) is 11.2 Å². The van der Waals surface area contributed by atoms with Gasteiger partial charge in [0.25, 0.3) is 5.91 Å². The molecule has 1 saturated heterocycles. The summed E-state index contributed by atoms with van der Waals surface area (Å²) in [5.74, 6) is -1.19. The van der Waals surface area contributed by atoms with Crippen molar-refractivity contribution >= 4 is 39.9 Å². The monoisotopic (exact) mass is 427 g/mol. The Kier molecular flexibility index (Phi) is 6.21. The van der Waals surface area contributed by atoms with E-state index in [1.165, 1.54) is 11.3 Å². The lowest BCUT2D eigenvalue weighted by atomic mass is 10.0. The molecule has 2 aromatic heterocycles. The zero-order valence-corrected chi connectivity index (χ0v) is 17.4. The van der Waals surface area contributed by atoms with Gasteiger partial charge in [0.1, 0.15) is 0 Å². The van der Waals surface area contributed by atoms with E-state index in [1.54, 1.807) is 14.0 Å². The van der Waals surface area contributed by atoms with Crippen LogP contribution in [0, 0.1) is 6.92 Å². The number of hydrogen-bond acceptors (Lipinski definition) is 7. The number of ether oxygens (including phenoxy) is 1. The van der Waals surface area contributed by atoms with Gasteiger partial charge in [-0.25, -0.2) is 14.8 Å². The number of rotatable bonds is 6. The van der Waals surface area contributed by atoms with Crippen LogP contribution in [-0.4, -0.2) is 64.3 Å². The van der Waals surface area contributed by atoms with Crippen LogP contribution in [0.1, 0.15) is 45.0 Å². The topological polar surface area (TPSA) is 120 Å². The molecule has 1 aliphatic rings. The van der Waals surface area contributed by atoms with Crippen molar-refractivity contribution in [3.8, 4) is 0 Å². The molecule has 2 aromatic rings.